The third kappa shape index (κ3) is 8.17. The molecule has 13 nitrogen and oxygen atoms in total. The number of phenolic OH excluding ortho intramolecular Hbond substituents is 2. The van der Waals surface area contributed by atoms with Crippen LogP contribution in [0, 0.1) is 0 Å². The summed E-state index contributed by atoms with van der Waals surface area (Å²) in [6, 6.07) is 6.15. The van der Waals surface area contributed by atoms with Crippen molar-refractivity contribution in [1.29, 1.82) is 0 Å². The van der Waals surface area contributed by atoms with Crippen LogP contribution in [-0.4, -0.2) is 49.1 Å². The molecule has 0 fully saturated rings. The van der Waals surface area contributed by atoms with E-state index in [0.717, 1.165) is 30.3 Å². The molecule has 0 bridgehead atoms. The molecule has 0 saturated carbocycles. The quantitative estimate of drug-likeness (QED) is 0.109. The maximum atomic E-state index is 11.8. The van der Waals surface area contributed by atoms with Gasteiger partial charge in [-0.25, -0.2) is 0 Å². The molecule has 0 saturated heterocycles. The van der Waals surface area contributed by atoms with Gasteiger partial charge < -0.3 is 14.5 Å². The molecule has 0 heterocycles. The van der Waals surface area contributed by atoms with Crippen LogP contribution >= 0.6 is 0 Å². The van der Waals surface area contributed by atoms with Crippen LogP contribution < -0.4 is 88.7 Å². The Morgan fingerprint density at radius 2 is 1.17 bits per heavy atom. The topological polar surface area (TPSA) is 228 Å². The first-order chi connectivity index (χ1) is 14.6. The smallest absolute Gasteiger partial charge is 1.00 e. The van der Waals surface area contributed by atoms with Gasteiger partial charge in [0, 0.05) is 6.07 Å². The largest absolute Gasteiger partial charge is 1.00 e. The molecule has 3 rings (SSSR count). The minimum atomic E-state index is -5.06. The summed E-state index contributed by atoms with van der Waals surface area (Å²) in [5.41, 5.74) is -0.877. The summed E-state index contributed by atoms with van der Waals surface area (Å²) >= 11 is 0. The fourth-order valence-corrected chi connectivity index (χ4v) is 4.35. The Kier molecular flexibility index (Phi) is 12.5. The van der Waals surface area contributed by atoms with Crippen LogP contribution in [0.15, 0.2) is 67.4 Å². The summed E-state index contributed by atoms with van der Waals surface area (Å²) in [6.45, 7) is 0. The molecular formula is C16H15N2Na3O11S3. The van der Waals surface area contributed by atoms with Crippen LogP contribution in [-0.2, 0) is 30.4 Å². The van der Waals surface area contributed by atoms with E-state index >= 15 is 0 Å². The Hall–Kier alpha value is -0.150. The molecule has 5 N–H and O–H groups in total. The van der Waals surface area contributed by atoms with Crippen molar-refractivity contribution in [3.8, 4) is 11.5 Å². The van der Waals surface area contributed by atoms with Crippen LogP contribution in [0.25, 0.3) is 10.8 Å². The zero-order chi connectivity index (χ0) is 24.1. The number of azo groups is 1. The molecule has 0 aromatic heterocycles. The standard InChI is InChI=1S/C16H12N2O11S3.3Na.3H/c19-12-7-11(31(24,25)26)5-8-6-13(32(27,28)29)15(16(20)14(8)12)18-17-9-1-3-10(4-2-9)30(21,22)23;;;;;;/h1-7,19-20H,(H,21,22,23)(H,24,25,26)(H,27,28,29);;;;;;/q;3*+1;3*-1. The average Bonchev–Trinajstić information content (AvgIpc) is 2.64. The van der Waals surface area contributed by atoms with Crippen molar-refractivity contribution in [3.05, 3.63) is 42.5 Å². The van der Waals surface area contributed by atoms with Gasteiger partial charge in [0.1, 0.15) is 16.3 Å². The van der Waals surface area contributed by atoms with Crippen molar-refractivity contribution in [1.82, 2.24) is 0 Å². The Labute approximate surface area is 270 Å². The predicted octanol–water partition coefficient (Wildman–Crippen LogP) is -6.24. The molecule has 0 radical (unpaired) electrons. The van der Waals surface area contributed by atoms with Gasteiger partial charge in [0.15, 0.2) is 5.75 Å². The third-order valence-corrected chi connectivity index (χ3v) is 6.64. The van der Waals surface area contributed by atoms with E-state index in [2.05, 4.69) is 10.2 Å². The predicted molar refractivity (Wildman–Crippen MR) is 111 cm³/mol. The van der Waals surface area contributed by atoms with Gasteiger partial charge in [0.25, 0.3) is 30.4 Å². The maximum absolute atomic E-state index is 11.8. The Morgan fingerprint density at radius 1 is 0.657 bits per heavy atom. The Balaban J connectivity index is -0.000000963. The second-order valence-corrected chi connectivity index (χ2v) is 10.5. The summed E-state index contributed by atoms with van der Waals surface area (Å²) in [4.78, 5) is -2.27. The SMILES string of the molecule is O=S(=O)(O)c1ccc(N=Nc2c(S(=O)(=O)O)cc3cc(S(=O)(=O)O)cc(O)c3c2O)cc1.[H-].[H-].[H-].[Na+].[Na+].[Na+]. The first-order valence-electron chi connectivity index (χ1n) is 8.06. The molecule has 0 aliphatic carbocycles. The number of nitrogens with zero attached hydrogens (tertiary/aromatic N) is 2. The monoisotopic (exact) mass is 576 g/mol. The van der Waals surface area contributed by atoms with Crippen molar-refractivity contribution < 1.29 is 142 Å². The molecule has 0 aliphatic rings. The summed E-state index contributed by atoms with van der Waals surface area (Å²) in [7, 11) is -14.3. The normalized spacial score (nSPS) is 12.0. The molecule has 176 valence electrons. The molecule has 35 heavy (non-hydrogen) atoms. The number of rotatable bonds is 5. The molecule has 0 atom stereocenters. The summed E-state index contributed by atoms with van der Waals surface area (Å²) < 4.78 is 96.0. The van der Waals surface area contributed by atoms with Gasteiger partial charge >= 0.3 is 88.7 Å². The number of fused-ring (bicyclic) bond motifs is 1. The van der Waals surface area contributed by atoms with Gasteiger partial charge in [-0.3, -0.25) is 13.7 Å². The fourth-order valence-electron chi connectivity index (χ4n) is 2.67. The van der Waals surface area contributed by atoms with Crippen molar-refractivity contribution in [3.63, 3.8) is 0 Å². The van der Waals surface area contributed by atoms with Gasteiger partial charge in [-0.2, -0.15) is 30.4 Å². The first-order valence-corrected chi connectivity index (χ1v) is 12.4. The van der Waals surface area contributed by atoms with Crippen LogP contribution in [0.1, 0.15) is 4.28 Å². The maximum Gasteiger partial charge on any atom is 1.00 e. The number of aromatic hydroxyl groups is 2. The Bertz CT molecular complexity index is 1620. The van der Waals surface area contributed by atoms with E-state index in [1.54, 1.807) is 0 Å². The van der Waals surface area contributed by atoms with Crippen molar-refractivity contribution in [2.45, 2.75) is 14.7 Å². The number of hydrogen-bond donors (Lipinski definition) is 5. The number of phenols is 2. The fraction of sp³-hybridized carbons (Fsp3) is 0. The zero-order valence-electron chi connectivity index (χ0n) is 21.3. The van der Waals surface area contributed by atoms with E-state index in [0.29, 0.717) is 12.1 Å². The van der Waals surface area contributed by atoms with Gasteiger partial charge in [0.05, 0.1) is 20.9 Å². The van der Waals surface area contributed by atoms with Gasteiger partial charge in [-0.1, -0.05) is 0 Å². The molecule has 0 spiro atoms. The van der Waals surface area contributed by atoms with Gasteiger partial charge in [0.2, 0.25) is 0 Å². The van der Waals surface area contributed by atoms with Gasteiger partial charge in [-0.05, 0) is 41.8 Å². The molecule has 0 unspecified atom stereocenters. The van der Waals surface area contributed by atoms with E-state index in [1.807, 2.05) is 0 Å². The van der Waals surface area contributed by atoms with E-state index < -0.39 is 67.6 Å². The van der Waals surface area contributed by atoms with Crippen LogP contribution in [0.4, 0.5) is 11.4 Å². The summed E-state index contributed by atoms with van der Waals surface area (Å²) in [5, 5.41) is 26.9. The van der Waals surface area contributed by atoms with E-state index in [4.69, 9.17) is 9.11 Å². The number of hydrogen-bond acceptors (Lipinski definition) is 10. The van der Waals surface area contributed by atoms with Crippen molar-refractivity contribution >= 4 is 52.5 Å². The van der Waals surface area contributed by atoms with E-state index in [9.17, 15) is 40.0 Å². The molecule has 3 aromatic carbocycles. The summed E-state index contributed by atoms with van der Waals surface area (Å²) in [5.74, 6) is -1.85. The minimum absolute atomic E-state index is 0. The van der Waals surface area contributed by atoms with Gasteiger partial charge in [-0.15, -0.1) is 5.11 Å². The third-order valence-electron chi connectivity index (χ3n) is 4.08. The molecular weight excluding hydrogens is 561 g/mol. The molecule has 0 aliphatic heterocycles. The molecule has 3 aromatic rings. The first kappa shape index (κ1) is 34.9. The average molecular weight is 576 g/mol. The second-order valence-electron chi connectivity index (χ2n) is 6.23. The molecule has 0 amide bonds. The van der Waals surface area contributed by atoms with E-state index in [1.165, 1.54) is 0 Å². The minimum Gasteiger partial charge on any atom is -1.00 e. The van der Waals surface area contributed by atoms with Crippen LogP contribution in [0.2, 0.25) is 0 Å². The van der Waals surface area contributed by atoms with Crippen molar-refractivity contribution in [2.24, 2.45) is 10.2 Å². The second kappa shape index (κ2) is 12.6. The molecule has 19 heteroatoms. The van der Waals surface area contributed by atoms with Crippen LogP contribution in [0.5, 0.6) is 11.5 Å². The Morgan fingerprint density at radius 3 is 1.63 bits per heavy atom. The summed E-state index contributed by atoms with van der Waals surface area (Å²) in [6.07, 6.45) is 0. The number of benzene rings is 3. The van der Waals surface area contributed by atoms with Crippen LogP contribution in [0.3, 0.4) is 0 Å². The van der Waals surface area contributed by atoms with E-state index in [-0.39, 0.29) is 104 Å². The zero-order valence-corrected chi connectivity index (χ0v) is 26.8. The van der Waals surface area contributed by atoms with Crippen molar-refractivity contribution in [2.75, 3.05) is 0 Å².